The molecule has 2 N–H and O–H groups in total. The number of benzene rings is 1. The van der Waals surface area contributed by atoms with Crippen LogP contribution in [-0.4, -0.2) is 31.4 Å². The van der Waals surface area contributed by atoms with E-state index in [0.29, 0.717) is 24.3 Å². The maximum Gasteiger partial charge on any atom is 0.178 e. The Kier molecular flexibility index (Phi) is 5.38. The molecule has 0 saturated heterocycles. The first-order valence-corrected chi connectivity index (χ1v) is 8.31. The van der Waals surface area contributed by atoms with Gasteiger partial charge in [-0.1, -0.05) is 20.8 Å². The van der Waals surface area contributed by atoms with Gasteiger partial charge in [-0.15, -0.1) is 0 Å². The predicted octanol–water partition coefficient (Wildman–Crippen LogP) is 2.44. The van der Waals surface area contributed by atoms with E-state index in [-0.39, 0.29) is 5.75 Å². The Balaban J connectivity index is 2.73. The summed E-state index contributed by atoms with van der Waals surface area (Å²) in [7, 11) is -3.14. The summed E-state index contributed by atoms with van der Waals surface area (Å²) in [5, 5.41) is 13.3. The van der Waals surface area contributed by atoms with Crippen molar-refractivity contribution in [1.29, 1.82) is 0 Å². The lowest BCUT2D eigenvalue weighted by molar-refractivity contribution is 0.0457. The zero-order valence-corrected chi connectivity index (χ0v) is 12.6. The molecule has 19 heavy (non-hydrogen) atoms. The maximum absolute atomic E-state index is 11.7. The van der Waals surface area contributed by atoms with E-state index in [0.717, 1.165) is 5.69 Å². The van der Waals surface area contributed by atoms with Crippen LogP contribution in [0.5, 0.6) is 0 Å². The second-order valence-electron chi connectivity index (χ2n) is 4.71. The van der Waals surface area contributed by atoms with Crippen LogP contribution in [0.25, 0.3) is 0 Å². The van der Waals surface area contributed by atoms with Crippen molar-refractivity contribution in [2.24, 2.45) is 0 Å². The van der Waals surface area contributed by atoms with Crippen molar-refractivity contribution in [2.45, 2.75) is 44.1 Å². The van der Waals surface area contributed by atoms with Gasteiger partial charge in [-0.3, -0.25) is 0 Å². The largest absolute Gasteiger partial charge is 0.388 e. The Morgan fingerprint density at radius 3 is 2.05 bits per heavy atom. The Morgan fingerprint density at radius 1 is 1.11 bits per heavy atom. The average Bonchev–Trinajstić information content (AvgIpc) is 2.45. The Labute approximate surface area is 115 Å². The average molecular weight is 285 g/mol. The number of nitrogens with one attached hydrogen (secondary N) is 1. The third-order valence-electron chi connectivity index (χ3n) is 3.53. The van der Waals surface area contributed by atoms with Gasteiger partial charge in [-0.05, 0) is 37.1 Å². The predicted molar refractivity (Wildman–Crippen MR) is 78.2 cm³/mol. The highest BCUT2D eigenvalue weighted by atomic mass is 32.2. The molecule has 0 aliphatic heterocycles. The molecule has 4 nitrogen and oxygen atoms in total. The van der Waals surface area contributed by atoms with Gasteiger partial charge in [-0.2, -0.15) is 0 Å². The summed E-state index contributed by atoms with van der Waals surface area (Å²) in [6.07, 6.45) is 1.36. The summed E-state index contributed by atoms with van der Waals surface area (Å²) >= 11 is 0. The van der Waals surface area contributed by atoms with Gasteiger partial charge in [0.05, 0.1) is 16.2 Å². The fourth-order valence-electron chi connectivity index (χ4n) is 1.71. The van der Waals surface area contributed by atoms with Gasteiger partial charge in [-0.25, -0.2) is 8.42 Å². The van der Waals surface area contributed by atoms with Crippen LogP contribution in [0.15, 0.2) is 29.2 Å². The maximum atomic E-state index is 11.7. The van der Waals surface area contributed by atoms with Crippen LogP contribution < -0.4 is 5.32 Å². The number of anilines is 1. The molecule has 0 aliphatic rings. The Bertz CT molecular complexity index is 490. The SMILES string of the molecule is CCC(O)(CC)CNc1ccc(S(=O)(=O)CC)cc1. The number of hydrogen-bond acceptors (Lipinski definition) is 4. The van der Waals surface area contributed by atoms with Crippen molar-refractivity contribution in [3.63, 3.8) is 0 Å². The minimum absolute atomic E-state index is 0.102. The lowest BCUT2D eigenvalue weighted by Gasteiger charge is -2.26. The molecule has 1 aromatic rings. The van der Waals surface area contributed by atoms with Crippen molar-refractivity contribution in [3.8, 4) is 0 Å². The van der Waals surface area contributed by atoms with Crippen molar-refractivity contribution in [2.75, 3.05) is 17.6 Å². The molecule has 1 rings (SSSR count). The van der Waals surface area contributed by atoms with E-state index in [4.69, 9.17) is 0 Å². The first-order chi connectivity index (χ1) is 8.87. The Hall–Kier alpha value is -1.07. The van der Waals surface area contributed by atoms with Gasteiger partial charge in [0.1, 0.15) is 0 Å². The fraction of sp³-hybridized carbons (Fsp3) is 0.571. The van der Waals surface area contributed by atoms with E-state index in [1.54, 1.807) is 31.2 Å². The zero-order valence-electron chi connectivity index (χ0n) is 11.8. The third-order valence-corrected chi connectivity index (χ3v) is 5.28. The molecule has 0 aliphatic carbocycles. The molecule has 0 heterocycles. The van der Waals surface area contributed by atoms with Crippen molar-refractivity contribution in [1.82, 2.24) is 0 Å². The van der Waals surface area contributed by atoms with E-state index in [9.17, 15) is 13.5 Å². The highest BCUT2D eigenvalue weighted by Crippen LogP contribution is 2.18. The molecule has 108 valence electrons. The van der Waals surface area contributed by atoms with Crippen LogP contribution in [0.2, 0.25) is 0 Å². The minimum atomic E-state index is -3.14. The van der Waals surface area contributed by atoms with Crippen LogP contribution in [0, 0.1) is 0 Å². The Morgan fingerprint density at radius 2 is 1.63 bits per heavy atom. The quantitative estimate of drug-likeness (QED) is 0.807. The van der Waals surface area contributed by atoms with Crippen molar-refractivity contribution in [3.05, 3.63) is 24.3 Å². The van der Waals surface area contributed by atoms with Crippen LogP contribution in [0.3, 0.4) is 0 Å². The summed E-state index contributed by atoms with van der Waals surface area (Å²) in [6, 6.07) is 6.65. The number of sulfone groups is 1. The lowest BCUT2D eigenvalue weighted by Crippen LogP contribution is -2.35. The minimum Gasteiger partial charge on any atom is -0.388 e. The summed E-state index contributed by atoms with van der Waals surface area (Å²) in [5.74, 6) is 0.102. The van der Waals surface area contributed by atoms with Crippen LogP contribution in [-0.2, 0) is 9.84 Å². The molecule has 0 spiro atoms. The highest BCUT2D eigenvalue weighted by Gasteiger charge is 2.21. The van der Waals surface area contributed by atoms with E-state index >= 15 is 0 Å². The molecule has 5 heteroatoms. The number of hydrogen-bond donors (Lipinski definition) is 2. The second-order valence-corrected chi connectivity index (χ2v) is 6.99. The van der Waals surface area contributed by atoms with Gasteiger partial charge in [0, 0.05) is 12.2 Å². The fourth-order valence-corrected chi connectivity index (χ4v) is 2.60. The highest BCUT2D eigenvalue weighted by molar-refractivity contribution is 7.91. The number of aliphatic hydroxyl groups is 1. The molecule has 0 fully saturated rings. The lowest BCUT2D eigenvalue weighted by atomic mass is 9.97. The van der Waals surface area contributed by atoms with Gasteiger partial charge < -0.3 is 10.4 Å². The molecule has 0 amide bonds. The van der Waals surface area contributed by atoms with Gasteiger partial charge in [0.15, 0.2) is 9.84 Å². The van der Waals surface area contributed by atoms with Crippen LogP contribution in [0.4, 0.5) is 5.69 Å². The first-order valence-electron chi connectivity index (χ1n) is 6.66. The normalized spacial score (nSPS) is 12.4. The number of rotatable bonds is 7. The molecular weight excluding hydrogens is 262 g/mol. The van der Waals surface area contributed by atoms with Gasteiger partial charge in [0.25, 0.3) is 0 Å². The smallest absolute Gasteiger partial charge is 0.178 e. The summed E-state index contributed by atoms with van der Waals surface area (Å²) < 4.78 is 23.3. The molecule has 0 aromatic heterocycles. The molecule has 0 unspecified atom stereocenters. The zero-order chi connectivity index (χ0) is 14.5. The van der Waals surface area contributed by atoms with Crippen molar-refractivity contribution >= 4 is 15.5 Å². The monoisotopic (exact) mass is 285 g/mol. The molecule has 0 radical (unpaired) electrons. The van der Waals surface area contributed by atoms with E-state index < -0.39 is 15.4 Å². The van der Waals surface area contributed by atoms with E-state index in [1.165, 1.54) is 0 Å². The van der Waals surface area contributed by atoms with E-state index in [2.05, 4.69) is 5.32 Å². The molecular formula is C14H23NO3S. The third kappa shape index (κ3) is 4.21. The van der Waals surface area contributed by atoms with Gasteiger partial charge in [0.2, 0.25) is 0 Å². The topological polar surface area (TPSA) is 66.4 Å². The van der Waals surface area contributed by atoms with Crippen LogP contribution in [0.1, 0.15) is 33.6 Å². The van der Waals surface area contributed by atoms with Gasteiger partial charge >= 0.3 is 0 Å². The standard InChI is InChI=1S/C14H23NO3S/c1-4-14(16,5-2)11-15-12-7-9-13(10-8-12)19(17,18)6-3/h7-10,15-16H,4-6,11H2,1-3H3. The molecule has 1 aromatic carbocycles. The summed E-state index contributed by atoms with van der Waals surface area (Å²) in [4.78, 5) is 0.335. The second kappa shape index (κ2) is 6.39. The summed E-state index contributed by atoms with van der Waals surface area (Å²) in [5.41, 5.74) is 0.101. The summed E-state index contributed by atoms with van der Waals surface area (Å²) in [6.45, 7) is 5.98. The molecule has 0 atom stereocenters. The van der Waals surface area contributed by atoms with Crippen LogP contribution >= 0.6 is 0 Å². The first kappa shape index (κ1) is 16.0. The van der Waals surface area contributed by atoms with Crippen molar-refractivity contribution < 1.29 is 13.5 Å². The molecule has 0 bridgehead atoms. The van der Waals surface area contributed by atoms with E-state index in [1.807, 2.05) is 13.8 Å². The molecule has 0 saturated carbocycles.